The highest BCUT2D eigenvalue weighted by Gasteiger charge is 2.21. The van der Waals surface area contributed by atoms with Crippen LogP contribution >= 0.6 is 0 Å². The molecular weight excluding hydrogens is 312 g/mol. The lowest BCUT2D eigenvalue weighted by molar-refractivity contribution is -0.112. The monoisotopic (exact) mass is 334 g/mol. The van der Waals surface area contributed by atoms with Gasteiger partial charge in [-0.1, -0.05) is 30.3 Å². The fourth-order valence-corrected chi connectivity index (χ4v) is 3.07. The SMILES string of the molecule is COc1ccc(OC)c(/C=C2\CCC/C(=C\c3ccccc3)C2=O)c1. The van der Waals surface area contributed by atoms with E-state index in [-0.39, 0.29) is 5.78 Å². The van der Waals surface area contributed by atoms with Crippen LogP contribution in [0, 0.1) is 0 Å². The Kier molecular flexibility index (Phi) is 5.34. The minimum atomic E-state index is 0.125. The predicted octanol–water partition coefficient (Wildman–Crippen LogP) is 4.92. The number of ether oxygens (including phenoxy) is 2. The third-order valence-corrected chi connectivity index (χ3v) is 4.38. The molecular formula is C22H22O3. The molecule has 0 amide bonds. The van der Waals surface area contributed by atoms with Gasteiger partial charge in [0.15, 0.2) is 5.78 Å². The topological polar surface area (TPSA) is 35.5 Å². The predicted molar refractivity (Wildman–Crippen MR) is 101 cm³/mol. The Morgan fingerprint density at radius 3 is 2.28 bits per heavy atom. The quantitative estimate of drug-likeness (QED) is 0.744. The maximum atomic E-state index is 12.9. The highest BCUT2D eigenvalue weighted by molar-refractivity contribution is 6.14. The van der Waals surface area contributed by atoms with Crippen LogP contribution in [0.3, 0.4) is 0 Å². The van der Waals surface area contributed by atoms with Crippen LogP contribution in [0.1, 0.15) is 30.4 Å². The molecule has 0 radical (unpaired) electrons. The Hall–Kier alpha value is -2.81. The van der Waals surface area contributed by atoms with Crippen LogP contribution in [0.5, 0.6) is 11.5 Å². The van der Waals surface area contributed by atoms with E-state index in [2.05, 4.69) is 0 Å². The molecule has 1 aliphatic carbocycles. The van der Waals surface area contributed by atoms with E-state index in [1.165, 1.54) is 0 Å². The van der Waals surface area contributed by atoms with Crippen molar-refractivity contribution in [3.8, 4) is 11.5 Å². The van der Waals surface area contributed by atoms with Gasteiger partial charge in [-0.3, -0.25) is 4.79 Å². The lowest BCUT2D eigenvalue weighted by Gasteiger charge is -2.17. The molecule has 0 aromatic heterocycles. The first-order valence-electron chi connectivity index (χ1n) is 8.44. The maximum Gasteiger partial charge on any atom is 0.185 e. The van der Waals surface area contributed by atoms with Gasteiger partial charge in [0.2, 0.25) is 0 Å². The van der Waals surface area contributed by atoms with Crippen molar-refractivity contribution >= 4 is 17.9 Å². The number of methoxy groups -OCH3 is 2. The molecule has 0 saturated heterocycles. The van der Waals surface area contributed by atoms with Crippen LogP contribution < -0.4 is 9.47 Å². The molecule has 25 heavy (non-hydrogen) atoms. The average molecular weight is 334 g/mol. The molecule has 0 N–H and O–H groups in total. The van der Waals surface area contributed by atoms with Crippen molar-refractivity contribution in [2.24, 2.45) is 0 Å². The second-order valence-corrected chi connectivity index (χ2v) is 6.04. The molecule has 2 aromatic rings. The third-order valence-electron chi connectivity index (χ3n) is 4.38. The summed E-state index contributed by atoms with van der Waals surface area (Å²) in [5.74, 6) is 1.61. The Morgan fingerprint density at radius 2 is 1.60 bits per heavy atom. The number of hydrogen-bond acceptors (Lipinski definition) is 3. The number of allylic oxidation sites excluding steroid dienone is 2. The third kappa shape index (κ3) is 4.00. The molecule has 1 saturated carbocycles. The van der Waals surface area contributed by atoms with E-state index in [9.17, 15) is 4.79 Å². The fraction of sp³-hybridized carbons (Fsp3) is 0.227. The van der Waals surface area contributed by atoms with E-state index < -0.39 is 0 Å². The van der Waals surface area contributed by atoms with E-state index in [4.69, 9.17) is 9.47 Å². The summed E-state index contributed by atoms with van der Waals surface area (Å²) in [5, 5.41) is 0. The summed E-state index contributed by atoms with van der Waals surface area (Å²) in [4.78, 5) is 12.9. The van der Waals surface area contributed by atoms with Crippen molar-refractivity contribution < 1.29 is 14.3 Å². The maximum absolute atomic E-state index is 12.9. The van der Waals surface area contributed by atoms with Gasteiger partial charge in [0.1, 0.15) is 11.5 Å². The van der Waals surface area contributed by atoms with Crippen LogP contribution in [-0.2, 0) is 4.79 Å². The Bertz CT molecular complexity index is 816. The first-order valence-corrected chi connectivity index (χ1v) is 8.44. The van der Waals surface area contributed by atoms with Crippen molar-refractivity contribution in [2.45, 2.75) is 19.3 Å². The zero-order valence-corrected chi connectivity index (χ0v) is 14.6. The zero-order valence-electron chi connectivity index (χ0n) is 14.6. The summed E-state index contributed by atoms with van der Waals surface area (Å²) in [5.41, 5.74) is 3.61. The standard InChI is InChI=1S/C22H22O3/c1-24-20-11-12-21(25-2)19(15-20)14-18-10-6-9-17(22(18)23)13-16-7-4-3-5-8-16/h3-5,7-8,11-15H,6,9-10H2,1-2H3/b17-13+,18-14+. The first kappa shape index (κ1) is 17.0. The van der Waals surface area contributed by atoms with Gasteiger partial charge in [-0.05, 0) is 55.2 Å². The smallest absolute Gasteiger partial charge is 0.185 e. The van der Waals surface area contributed by atoms with Crippen molar-refractivity contribution in [3.63, 3.8) is 0 Å². The second kappa shape index (κ2) is 7.84. The van der Waals surface area contributed by atoms with Gasteiger partial charge in [-0.15, -0.1) is 0 Å². The lowest BCUT2D eigenvalue weighted by Crippen LogP contribution is -2.12. The van der Waals surface area contributed by atoms with Crippen molar-refractivity contribution in [2.75, 3.05) is 14.2 Å². The van der Waals surface area contributed by atoms with Crippen LogP contribution in [0.25, 0.3) is 12.2 Å². The number of benzene rings is 2. The molecule has 1 fully saturated rings. The fourth-order valence-electron chi connectivity index (χ4n) is 3.07. The second-order valence-electron chi connectivity index (χ2n) is 6.04. The molecule has 128 valence electrons. The van der Waals surface area contributed by atoms with Crippen molar-refractivity contribution in [3.05, 3.63) is 70.8 Å². The number of hydrogen-bond donors (Lipinski definition) is 0. The van der Waals surface area contributed by atoms with Gasteiger partial charge in [0.05, 0.1) is 14.2 Å². The van der Waals surface area contributed by atoms with E-state index in [0.717, 1.165) is 53.0 Å². The molecule has 3 rings (SSSR count). The van der Waals surface area contributed by atoms with Crippen LogP contribution in [0.4, 0.5) is 0 Å². The first-order chi connectivity index (χ1) is 12.2. The molecule has 0 heterocycles. The van der Waals surface area contributed by atoms with Gasteiger partial charge in [0.25, 0.3) is 0 Å². The summed E-state index contributed by atoms with van der Waals surface area (Å²) in [6, 6.07) is 15.6. The van der Waals surface area contributed by atoms with Gasteiger partial charge < -0.3 is 9.47 Å². The summed E-state index contributed by atoms with van der Waals surface area (Å²) >= 11 is 0. The normalized spacial score (nSPS) is 17.8. The molecule has 0 unspecified atom stereocenters. The van der Waals surface area contributed by atoms with Crippen LogP contribution in [0.15, 0.2) is 59.7 Å². The van der Waals surface area contributed by atoms with Crippen molar-refractivity contribution in [1.29, 1.82) is 0 Å². The highest BCUT2D eigenvalue weighted by atomic mass is 16.5. The summed E-state index contributed by atoms with van der Waals surface area (Å²) in [7, 11) is 3.26. The molecule has 3 nitrogen and oxygen atoms in total. The lowest BCUT2D eigenvalue weighted by atomic mass is 9.86. The van der Waals surface area contributed by atoms with E-state index in [0.29, 0.717) is 0 Å². The van der Waals surface area contributed by atoms with Crippen LogP contribution in [0.2, 0.25) is 0 Å². The molecule has 0 atom stereocenters. The molecule has 0 aliphatic heterocycles. The minimum Gasteiger partial charge on any atom is -0.497 e. The van der Waals surface area contributed by atoms with E-state index in [1.807, 2.05) is 60.7 Å². The Labute approximate surface area is 148 Å². The van der Waals surface area contributed by atoms with E-state index >= 15 is 0 Å². The summed E-state index contributed by atoms with van der Waals surface area (Å²) in [6.45, 7) is 0. The molecule has 2 aromatic carbocycles. The zero-order chi connectivity index (χ0) is 17.6. The highest BCUT2D eigenvalue weighted by Crippen LogP contribution is 2.31. The number of Topliss-reactive ketones (excluding diaryl/α,β-unsaturated/α-hetero) is 1. The molecule has 0 spiro atoms. The van der Waals surface area contributed by atoms with Crippen molar-refractivity contribution in [1.82, 2.24) is 0 Å². The number of carbonyl (C=O) groups excluding carboxylic acids is 1. The van der Waals surface area contributed by atoms with Gasteiger partial charge in [-0.2, -0.15) is 0 Å². The minimum absolute atomic E-state index is 0.125. The number of carbonyl (C=O) groups is 1. The largest absolute Gasteiger partial charge is 0.497 e. The Morgan fingerprint density at radius 1 is 0.880 bits per heavy atom. The van der Waals surface area contributed by atoms with Gasteiger partial charge >= 0.3 is 0 Å². The van der Waals surface area contributed by atoms with Gasteiger partial charge in [-0.25, -0.2) is 0 Å². The summed E-state index contributed by atoms with van der Waals surface area (Å²) in [6.07, 6.45) is 6.51. The molecule has 3 heteroatoms. The van der Waals surface area contributed by atoms with Crippen LogP contribution in [-0.4, -0.2) is 20.0 Å². The number of ketones is 1. The van der Waals surface area contributed by atoms with E-state index in [1.54, 1.807) is 14.2 Å². The molecule has 0 bridgehead atoms. The van der Waals surface area contributed by atoms with Gasteiger partial charge in [0, 0.05) is 16.7 Å². The molecule has 1 aliphatic rings. The Balaban J connectivity index is 1.93. The average Bonchev–Trinajstić information content (AvgIpc) is 2.65. The number of rotatable bonds is 4. The summed E-state index contributed by atoms with van der Waals surface area (Å²) < 4.78 is 10.7.